The summed E-state index contributed by atoms with van der Waals surface area (Å²) in [5.74, 6) is -0.317. The summed E-state index contributed by atoms with van der Waals surface area (Å²) in [6.07, 6.45) is 5.99. The Labute approximate surface area is 174 Å². The lowest BCUT2D eigenvalue weighted by Gasteiger charge is -2.14. The number of nitrogens with zero attached hydrogens (tertiary/aromatic N) is 4. The molecule has 1 amide bonds. The van der Waals surface area contributed by atoms with Gasteiger partial charge >= 0.3 is 0 Å². The van der Waals surface area contributed by atoms with Crippen molar-refractivity contribution >= 4 is 11.6 Å². The number of benzene rings is 1. The van der Waals surface area contributed by atoms with Gasteiger partial charge in [0.2, 0.25) is 0 Å². The summed E-state index contributed by atoms with van der Waals surface area (Å²) in [5.41, 5.74) is 4.89. The van der Waals surface area contributed by atoms with Crippen LogP contribution in [-0.2, 0) is 19.4 Å². The van der Waals surface area contributed by atoms with Crippen molar-refractivity contribution in [3.63, 3.8) is 0 Å². The van der Waals surface area contributed by atoms with Crippen molar-refractivity contribution in [2.24, 2.45) is 0 Å². The van der Waals surface area contributed by atoms with Gasteiger partial charge in [0.15, 0.2) is 0 Å². The summed E-state index contributed by atoms with van der Waals surface area (Å²) in [7, 11) is 0. The number of hydrogen-bond acceptors (Lipinski definition) is 5. The minimum Gasteiger partial charge on any atom is -0.350 e. The van der Waals surface area contributed by atoms with E-state index in [1.807, 2.05) is 22.9 Å². The van der Waals surface area contributed by atoms with Crippen LogP contribution >= 0.6 is 0 Å². The second-order valence-electron chi connectivity index (χ2n) is 7.38. The fourth-order valence-corrected chi connectivity index (χ4v) is 4.00. The van der Waals surface area contributed by atoms with Crippen LogP contribution in [-0.4, -0.2) is 32.1 Å². The Morgan fingerprint density at radius 1 is 1.20 bits per heavy atom. The lowest BCUT2D eigenvalue weighted by Crippen LogP contribution is -2.28. The highest BCUT2D eigenvalue weighted by molar-refractivity contribution is 5.96. The van der Waals surface area contributed by atoms with E-state index < -0.39 is 4.92 Å². The molecule has 0 saturated heterocycles. The van der Waals surface area contributed by atoms with E-state index in [-0.39, 0.29) is 11.6 Å². The molecule has 0 bridgehead atoms. The van der Waals surface area contributed by atoms with Crippen LogP contribution in [0.1, 0.15) is 40.0 Å². The standard InChI is InChI=1S/C22H23N5O3/c1-15-16(8-6-11-19(15)27(29)30)22(28)24-13-14-26-20-10-3-2-7-17(20)21(25-26)18-9-4-5-12-23-18/h4-6,8-9,11-12H,2-3,7,10,13-14H2,1H3,(H,24,28). The number of pyridine rings is 1. The van der Waals surface area contributed by atoms with Gasteiger partial charge in [0.1, 0.15) is 5.69 Å². The van der Waals surface area contributed by atoms with Gasteiger partial charge in [0.25, 0.3) is 11.6 Å². The second kappa shape index (κ2) is 8.44. The van der Waals surface area contributed by atoms with Gasteiger partial charge in [-0.2, -0.15) is 5.10 Å². The molecule has 1 aromatic carbocycles. The molecule has 154 valence electrons. The van der Waals surface area contributed by atoms with Crippen molar-refractivity contribution < 1.29 is 9.72 Å². The summed E-state index contributed by atoms with van der Waals surface area (Å²) in [4.78, 5) is 27.7. The van der Waals surface area contributed by atoms with Crippen LogP contribution in [0.25, 0.3) is 11.4 Å². The fourth-order valence-electron chi connectivity index (χ4n) is 4.00. The number of nitro benzene ring substituents is 1. The Morgan fingerprint density at radius 3 is 2.80 bits per heavy atom. The van der Waals surface area contributed by atoms with Crippen LogP contribution in [0.15, 0.2) is 42.6 Å². The molecular weight excluding hydrogens is 382 g/mol. The molecule has 0 aliphatic heterocycles. The highest BCUT2D eigenvalue weighted by atomic mass is 16.6. The topological polar surface area (TPSA) is 103 Å². The first kappa shape index (κ1) is 19.8. The van der Waals surface area contributed by atoms with Gasteiger partial charge in [-0.25, -0.2) is 0 Å². The van der Waals surface area contributed by atoms with Crippen molar-refractivity contribution in [2.75, 3.05) is 6.54 Å². The number of nitrogens with one attached hydrogen (secondary N) is 1. The van der Waals surface area contributed by atoms with Crippen LogP contribution in [0.4, 0.5) is 5.69 Å². The van der Waals surface area contributed by atoms with Gasteiger partial charge in [0, 0.05) is 41.2 Å². The van der Waals surface area contributed by atoms with E-state index in [1.54, 1.807) is 19.2 Å². The van der Waals surface area contributed by atoms with Crippen molar-refractivity contribution in [1.82, 2.24) is 20.1 Å². The SMILES string of the molecule is Cc1c(C(=O)NCCn2nc(-c3ccccn3)c3c2CCCC3)cccc1[N+](=O)[O-]. The van der Waals surface area contributed by atoms with E-state index >= 15 is 0 Å². The third-order valence-electron chi connectivity index (χ3n) is 5.52. The minimum atomic E-state index is -0.471. The smallest absolute Gasteiger partial charge is 0.273 e. The number of amides is 1. The summed E-state index contributed by atoms with van der Waals surface area (Å²) >= 11 is 0. The number of fused-ring (bicyclic) bond motifs is 1. The van der Waals surface area contributed by atoms with Crippen LogP contribution < -0.4 is 5.32 Å². The Balaban J connectivity index is 1.50. The van der Waals surface area contributed by atoms with E-state index in [0.717, 1.165) is 37.1 Å². The molecule has 0 spiro atoms. The normalized spacial score (nSPS) is 13.0. The molecule has 8 nitrogen and oxygen atoms in total. The zero-order chi connectivity index (χ0) is 21.1. The first-order valence-electron chi connectivity index (χ1n) is 10.1. The highest BCUT2D eigenvalue weighted by Crippen LogP contribution is 2.30. The average Bonchev–Trinajstić information content (AvgIpc) is 3.13. The average molecular weight is 405 g/mol. The van der Waals surface area contributed by atoms with E-state index in [2.05, 4.69) is 10.3 Å². The molecule has 8 heteroatoms. The number of nitro groups is 1. The predicted octanol–water partition coefficient (Wildman–Crippen LogP) is 3.47. The molecule has 1 N–H and O–H groups in total. The van der Waals surface area contributed by atoms with Gasteiger partial charge in [-0.1, -0.05) is 12.1 Å². The van der Waals surface area contributed by atoms with Crippen molar-refractivity contribution in [3.05, 3.63) is 75.1 Å². The summed E-state index contributed by atoms with van der Waals surface area (Å²) in [6, 6.07) is 10.3. The Kier molecular flexibility index (Phi) is 5.56. The van der Waals surface area contributed by atoms with Crippen LogP contribution in [0.5, 0.6) is 0 Å². The predicted molar refractivity (Wildman–Crippen MR) is 112 cm³/mol. The van der Waals surface area contributed by atoms with Crippen molar-refractivity contribution in [1.29, 1.82) is 0 Å². The largest absolute Gasteiger partial charge is 0.350 e. The molecule has 0 saturated carbocycles. The van der Waals surface area contributed by atoms with E-state index in [0.29, 0.717) is 24.2 Å². The van der Waals surface area contributed by atoms with Crippen LogP contribution in [0.2, 0.25) is 0 Å². The molecule has 2 heterocycles. The third-order valence-corrected chi connectivity index (χ3v) is 5.52. The van der Waals surface area contributed by atoms with Crippen molar-refractivity contribution in [2.45, 2.75) is 39.2 Å². The molecule has 3 aromatic rings. The lowest BCUT2D eigenvalue weighted by atomic mass is 9.95. The Morgan fingerprint density at radius 2 is 2.03 bits per heavy atom. The summed E-state index contributed by atoms with van der Waals surface area (Å²) < 4.78 is 1.97. The molecule has 30 heavy (non-hydrogen) atoms. The summed E-state index contributed by atoms with van der Waals surface area (Å²) in [6.45, 7) is 2.52. The second-order valence-corrected chi connectivity index (χ2v) is 7.38. The number of carbonyl (C=O) groups excluding carboxylic acids is 1. The molecule has 2 aromatic heterocycles. The fraction of sp³-hybridized carbons (Fsp3) is 0.318. The van der Waals surface area contributed by atoms with Crippen molar-refractivity contribution in [3.8, 4) is 11.4 Å². The number of hydrogen-bond donors (Lipinski definition) is 1. The zero-order valence-corrected chi connectivity index (χ0v) is 16.8. The zero-order valence-electron chi connectivity index (χ0n) is 16.8. The Bertz CT molecular complexity index is 1090. The lowest BCUT2D eigenvalue weighted by molar-refractivity contribution is -0.385. The molecular formula is C22H23N5O3. The molecule has 0 atom stereocenters. The molecule has 0 fully saturated rings. The maximum atomic E-state index is 12.6. The quantitative estimate of drug-likeness (QED) is 0.500. The number of rotatable bonds is 6. The molecule has 4 rings (SSSR count). The van der Waals surface area contributed by atoms with E-state index in [9.17, 15) is 14.9 Å². The van der Waals surface area contributed by atoms with Crippen LogP contribution in [0, 0.1) is 17.0 Å². The molecule has 0 unspecified atom stereocenters. The summed E-state index contributed by atoms with van der Waals surface area (Å²) in [5, 5.41) is 18.8. The minimum absolute atomic E-state index is 0.0520. The number of carbonyl (C=O) groups is 1. The van der Waals surface area contributed by atoms with E-state index in [4.69, 9.17) is 5.10 Å². The Hall–Kier alpha value is -3.55. The van der Waals surface area contributed by atoms with E-state index in [1.165, 1.54) is 23.4 Å². The van der Waals surface area contributed by atoms with Gasteiger partial charge < -0.3 is 5.32 Å². The molecule has 0 radical (unpaired) electrons. The molecule has 1 aliphatic rings. The molecule has 1 aliphatic carbocycles. The number of aromatic nitrogens is 3. The maximum Gasteiger partial charge on any atom is 0.273 e. The monoisotopic (exact) mass is 405 g/mol. The third kappa shape index (κ3) is 3.80. The van der Waals surface area contributed by atoms with Crippen LogP contribution in [0.3, 0.4) is 0 Å². The van der Waals surface area contributed by atoms with Gasteiger partial charge in [-0.15, -0.1) is 0 Å². The maximum absolute atomic E-state index is 12.6. The highest BCUT2D eigenvalue weighted by Gasteiger charge is 2.22. The first-order chi connectivity index (χ1) is 14.6. The first-order valence-corrected chi connectivity index (χ1v) is 10.1. The van der Waals surface area contributed by atoms with Gasteiger partial charge in [0.05, 0.1) is 17.2 Å². The van der Waals surface area contributed by atoms with Gasteiger partial charge in [-0.05, 0) is 50.8 Å². The van der Waals surface area contributed by atoms with Gasteiger partial charge in [-0.3, -0.25) is 24.6 Å².